The molecule has 0 saturated heterocycles. The van der Waals surface area contributed by atoms with Crippen LogP contribution in [0, 0.1) is 6.92 Å². The molecule has 1 aromatic carbocycles. The van der Waals surface area contributed by atoms with E-state index < -0.39 is 0 Å². The maximum atomic E-state index is 9.81. The highest BCUT2D eigenvalue weighted by Gasteiger charge is 2.05. The fourth-order valence-electron chi connectivity index (χ4n) is 1.36. The largest absolute Gasteiger partial charge is 0.504 e. The molecule has 0 atom stereocenters. The van der Waals surface area contributed by atoms with Gasteiger partial charge in [0.1, 0.15) is 5.76 Å². The second kappa shape index (κ2) is 4.69. The van der Waals surface area contributed by atoms with Crippen molar-refractivity contribution in [1.82, 2.24) is 5.16 Å². The number of phenols is 1. The van der Waals surface area contributed by atoms with Crippen LogP contribution in [-0.2, 0) is 0 Å². The molecule has 0 radical (unpaired) electrons. The molecule has 0 bridgehead atoms. The van der Waals surface area contributed by atoms with Gasteiger partial charge >= 0.3 is 0 Å². The maximum Gasteiger partial charge on any atom is 0.195 e. The minimum atomic E-state index is 0.0546. The summed E-state index contributed by atoms with van der Waals surface area (Å²) in [5, 5.41) is 13.5. The smallest absolute Gasteiger partial charge is 0.195 e. The number of aromatic nitrogens is 1. The number of hydrogen-bond acceptors (Lipinski definition) is 5. The Morgan fingerprint density at radius 3 is 2.94 bits per heavy atom. The van der Waals surface area contributed by atoms with Crippen LogP contribution in [0.25, 0.3) is 0 Å². The van der Waals surface area contributed by atoms with Gasteiger partial charge in [-0.3, -0.25) is 0 Å². The SMILES string of the molecule is COc1cccc(C=Nc2cc(C)on2)c1O. The fraction of sp³-hybridized carbons (Fsp3) is 0.167. The first-order valence-electron chi connectivity index (χ1n) is 5.04. The van der Waals surface area contributed by atoms with E-state index >= 15 is 0 Å². The van der Waals surface area contributed by atoms with Crippen molar-refractivity contribution in [2.75, 3.05) is 7.11 Å². The van der Waals surface area contributed by atoms with Crippen molar-refractivity contribution in [3.05, 3.63) is 35.6 Å². The van der Waals surface area contributed by atoms with E-state index in [9.17, 15) is 5.11 Å². The van der Waals surface area contributed by atoms with Gasteiger partial charge in [0.2, 0.25) is 0 Å². The summed E-state index contributed by atoms with van der Waals surface area (Å²) < 4.78 is 9.87. The Labute approximate surface area is 98.4 Å². The van der Waals surface area contributed by atoms with Crippen LogP contribution in [0.1, 0.15) is 11.3 Å². The van der Waals surface area contributed by atoms with E-state index in [1.54, 1.807) is 31.2 Å². The van der Waals surface area contributed by atoms with Gasteiger partial charge in [-0.15, -0.1) is 0 Å². The second-order valence-electron chi connectivity index (χ2n) is 3.45. The van der Waals surface area contributed by atoms with Gasteiger partial charge in [-0.2, -0.15) is 0 Å². The van der Waals surface area contributed by atoms with Crippen LogP contribution in [0.2, 0.25) is 0 Å². The highest BCUT2D eigenvalue weighted by Crippen LogP contribution is 2.28. The number of ether oxygens (including phenoxy) is 1. The Bertz CT molecular complexity index is 546. The summed E-state index contributed by atoms with van der Waals surface area (Å²) in [4.78, 5) is 4.09. The Kier molecular flexibility index (Phi) is 3.09. The third kappa shape index (κ3) is 2.44. The van der Waals surface area contributed by atoms with Gasteiger partial charge in [-0.05, 0) is 19.1 Å². The third-order valence-corrected chi connectivity index (χ3v) is 2.20. The minimum Gasteiger partial charge on any atom is -0.504 e. The van der Waals surface area contributed by atoms with Crippen molar-refractivity contribution in [1.29, 1.82) is 0 Å². The monoisotopic (exact) mass is 232 g/mol. The summed E-state index contributed by atoms with van der Waals surface area (Å²) >= 11 is 0. The first kappa shape index (κ1) is 11.2. The third-order valence-electron chi connectivity index (χ3n) is 2.20. The minimum absolute atomic E-state index is 0.0546. The van der Waals surface area contributed by atoms with Gasteiger partial charge in [-0.1, -0.05) is 11.2 Å². The molecule has 0 aliphatic carbocycles. The average Bonchev–Trinajstić information content (AvgIpc) is 2.74. The van der Waals surface area contributed by atoms with Gasteiger partial charge in [-0.25, -0.2) is 4.99 Å². The zero-order valence-corrected chi connectivity index (χ0v) is 9.54. The Morgan fingerprint density at radius 1 is 1.47 bits per heavy atom. The molecular formula is C12H12N2O3. The lowest BCUT2D eigenvalue weighted by atomic mass is 10.2. The molecule has 2 aromatic rings. The summed E-state index contributed by atoms with van der Waals surface area (Å²) in [6.07, 6.45) is 1.51. The molecule has 1 heterocycles. The second-order valence-corrected chi connectivity index (χ2v) is 3.45. The number of phenolic OH excluding ortho intramolecular Hbond substituents is 1. The van der Waals surface area contributed by atoms with E-state index in [0.29, 0.717) is 22.9 Å². The molecule has 2 rings (SSSR count). The standard InChI is InChI=1S/C12H12N2O3/c1-8-6-11(14-17-8)13-7-9-4-3-5-10(16-2)12(9)15/h3-7,15H,1-2H3. The summed E-state index contributed by atoms with van der Waals surface area (Å²) in [7, 11) is 1.50. The van der Waals surface area contributed by atoms with Gasteiger partial charge in [0, 0.05) is 17.8 Å². The van der Waals surface area contributed by atoms with Crippen molar-refractivity contribution in [2.24, 2.45) is 4.99 Å². The van der Waals surface area contributed by atoms with Crippen LogP contribution in [0.4, 0.5) is 5.82 Å². The number of rotatable bonds is 3. The lowest BCUT2D eigenvalue weighted by Gasteiger charge is -2.04. The molecule has 0 aliphatic heterocycles. The van der Waals surface area contributed by atoms with E-state index in [2.05, 4.69) is 10.1 Å². The van der Waals surface area contributed by atoms with Crippen molar-refractivity contribution >= 4 is 12.0 Å². The maximum absolute atomic E-state index is 9.81. The average molecular weight is 232 g/mol. The molecule has 0 fully saturated rings. The first-order chi connectivity index (χ1) is 8.20. The Balaban J connectivity index is 2.27. The molecule has 0 aliphatic rings. The van der Waals surface area contributed by atoms with Crippen LogP contribution in [0.15, 0.2) is 33.8 Å². The van der Waals surface area contributed by atoms with Gasteiger partial charge < -0.3 is 14.4 Å². The molecule has 5 nitrogen and oxygen atoms in total. The van der Waals surface area contributed by atoms with Gasteiger partial charge in [0.15, 0.2) is 17.3 Å². The number of methoxy groups -OCH3 is 1. The lowest BCUT2D eigenvalue weighted by Crippen LogP contribution is -1.88. The van der Waals surface area contributed by atoms with Crippen molar-refractivity contribution < 1.29 is 14.4 Å². The molecule has 1 aromatic heterocycles. The zero-order chi connectivity index (χ0) is 12.3. The lowest BCUT2D eigenvalue weighted by molar-refractivity contribution is 0.373. The fourth-order valence-corrected chi connectivity index (χ4v) is 1.36. The summed E-state index contributed by atoms with van der Waals surface area (Å²) in [6, 6.07) is 6.88. The molecule has 88 valence electrons. The van der Waals surface area contributed by atoms with Crippen molar-refractivity contribution in [3.8, 4) is 11.5 Å². The topological polar surface area (TPSA) is 67.9 Å². The number of aryl methyl sites for hydroxylation is 1. The zero-order valence-electron chi connectivity index (χ0n) is 9.54. The predicted octanol–water partition coefficient (Wildman–Crippen LogP) is 2.45. The van der Waals surface area contributed by atoms with E-state index in [1.807, 2.05) is 0 Å². The molecule has 0 spiro atoms. The van der Waals surface area contributed by atoms with Crippen molar-refractivity contribution in [3.63, 3.8) is 0 Å². The number of aromatic hydroxyl groups is 1. The van der Waals surface area contributed by atoms with Crippen LogP contribution in [0.3, 0.4) is 0 Å². The van der Waals surface area contributed by atoms with Gasteiger partial charge in [0.05, 0.1) is 7.11 Å². The number of para-hydroxylation sites is 1. The summed E-state index contributed by atoms with van der Waals surface area (Å²) in [6.45, 7) is 1.79. The number of aliphatic imine (C=N–C) groups is 1. The number of hydrogen-bond donors (Lipinski definition) is 1. The van der Waals surface area contributed by atoms with E-state index in [0.717, 1.165) is 0 Å². The Hall–Kier alpha value is -2.30. The number of nitrogens with zero attached hydrogens (tertiary/aromatic N) is 2. The van der Waals surface area contributed by atoms with E-state index in [1.165, 1.54) is 13.3 Å². The molecule has 17 heavy (non-hydrogen) atoms. The highest BCUT2D eigenvalue weighted by molar-refractivity contribution is 5.86. The molecule has 5 heteroatoms. The number of benzene rings is 1. The normalized spacial score (nSPS) is 10.9. The van der Waals surface area contributed by atoms with Crippen LogP contribution < -0.4 is 4.74 Å². The summed E-state index contributed by atoms with van der Waals surface area (Å²) in [5.41, 5.74) is 0.560. The van der Waals surface area contributed by atoms with Crippen LogP contribution >= 0.6 is 0 Å². The summed E-state index contributed by atoms with van der Waals surface area (Å²) in [5.74, 6) is 1.61. The molecule has 0 amide bonds. The molecule has 0 saturated carbocycles. The van der Waals surface area contributed by atoms with Gasteiger partial charge in [0.25, 0.3) is 0 Å². The predicted molar refractivity (Wildman–Crippen MR) is 63.2 cm³/mol. The van der Waals surface area contributed by atoms with Crippen molar-refractivity contribution in [2.45, 2.75) is 6.92 Å². The van der Waals surface area contributed by atoms with E-state index in [4.69, 9.17) is 9.26 Å². The quantitative estimate of drug-likeness (QED) is 0.825. The Morgan fingerprint density at radius 2 is 2.29 bits per heavy atom. The molecular weight excluding hydrogens is 220 g/mol. The van der Waals surface area contributed by atoms with E-state index in [-0.39, 0.29) is 5.75 Å². The molecule has 1 N–H and O–H groups in total. The first-order valence-corrected chi connectivity index (χ1v) is 5.04. The highest BCUT2D eigenvalue weighted by atomic mass is 16.5. The molecule has 0 unspecified atom stereocenters. The van der Waals surface area contributed by atoms with Crippen LogP contribution in [-0.4, -0.2) is 23.6 Å². The van der Waals surface area contributed by atoms with Crippen LogP contribution in [0.5, 0.6) is 11.5 Å².